The Hall–Kier alpha value is -1.80. The average Bonchev–Trinajstić information content (AvgIpc) is 2.79. The summed E-state index contributed by atoms with van der Waals surface area (Å²) in [4.78, 5) is 0. The zero-order chi connectivity index (χ0) is 23.1. The van der Waals surface area contributed by atoms with Crippen LogP contribution in [-0.4, -0.2) is 17.3 Å². The number of aliphatic hydroxyl groups is 1. The highest BCUT2D eigenvalue weighted by Gasteiger charge is 2.31. The molecular formula is C29H44O2. The van der Waals surface area contributed by atoms with Crippen molar-refractivity contribution in [1.82, 2.24) is 0 Å². The molecule has 31 heavy (non-hydrogen) atoms. The molecule has 172 valence electrons. The molecule has 2 nitrogen and oxygen atoms in total. The summed E-state index contributed by atoms with van der Waals surface area (Å²) in [5.74, 6) is 0.998. The van der Waals surface area contributed by atoms with E-state index in [1.165, 1.54) is 27.8 Å². The average molecular weight is 425 g/mol. The van der Waals surface area contributed by atoms with E-state index >= 15 is 0 Å². The Balaban J connectivity index is 2.36. The molecule has 2 heteroatoms. The predicted molar refractivity (Wildman–Crippen MR) is 133 cm³/mol. The number of benzene rings is 2. The number of hydrogen-bond donors (Lipinski definition) is 1. The van der Waals surface area contributed by atoms with Gasteiger partial charge in [0.15, 0.2) is 0 Å². The fraction of sp³-hybridized carbons (Fsp3) is 0.586. The van der Waals surface area contributed by atoms with Gasteiger partial charge in [-0.05, 0) is 92.7 Å². The maximum Gasteiger partial charge on any atom is 0.122 e. The zero-order valence-corrected chi connectivity index (χ0v) is 21.0. The second-order valence-electron chi connectivity index (χ2n) is 9.19. The second kappa shape index (κ2) is 11.2. The van der Waals surface area contributed by atoms with E-state index < -0.39 is 5.60 Å². The molecule has 0 bridgehead atoms. The molecule has 0 aliphatic heterocycles. The normalized spacial score (nSPS) is 12.3. The SMILES string of the molecule is CCCOc1ccc(C(CC)(CC)c2ccc(CCC(O)(CC)CC)c(C)c2)cc1C. The van der Waals surface area contributed by atoms with Crippen LogP contribution in [0.5, 0.6) is 5.75 Å². The Kier molecular flexibility index (Phi) is 9.18. The lowest BCUT2D eigenvalue weighted by Gasteiger charge is -2.34. The van der Waals surface area contributed by atoms with Gasteiger partial charge in [0, 0.05) is 5.41 Å². The smallest absolute Gasteiger partial charge is 0.122 e. The van der Waals surface area contributed by atoms with Crippen LogP contribution in [0.15, 0.2) is 36.4 Å². The summed E-state index contributed by atoms with van der Waals surface area (Å²) in [6.07, 6.45) is 6.52. The minimum Gasteiger partial charge on any atom is -0.493 e. The van der Waals surface area contributed by atoms with Crippen molar-refractivity contribution in [2.45, 2.75) is 104 Å². The monoisotopic (exact) mass is 424 g/mol. The van der Waals surface area contributed by atoms with Crippen molar-refractivity contribution in [2.75, 3.05) is 6.61 Å². The second-order valence-corrected chi connectivity index (χ2v) is 9.19. The Labute approximate surface area is 191 Å². The predicted octanol–water partition coefficient (Wildman–Crippen LogP) is 7.68. The molecule has 0 saturated carbocycles. The largest absolute Gasteiger partial charge is 0.493 e. The Morgan fingerprint density at radius 2 is 1.35 bits per heavy atom. The van der Waals surface area contributed by atoms with Crippen molar-refractivity contribution in [3.63, 3.8) is 0 Å². The summed E-state index contributed by atoms with van der Waals surface area (Å²) in [6, 6.07) is 13.7. The van der Waals surface area contributed by atoms with Gasteiger partial charge in [-0.3, -0.25) is 0 Å². The lowest BCUT2D eigenvalue weighted by Crippen LogP contribution is -2.28. The standard InChI is InChI=1S/C29H44O2/c1-8-19-31-27-16-15-26(21-23(27)7)29(11-4,12-5)25-14-13-24(22(6)20-25)17-18-28(30,9-2)10-3/h13-16,20-21,30H,8-12,17-19H2,1-7H3. The van der Waals surface area contributed by atoms with E-state index in [1.54, 1.807) is 0 Å². The quantitative estimate of drug-likeness (QED) is 0.378. The van der Waals surface area contributed by atoms with Crippen LogP contribution in [0, 0.1) is 13.8 Å². The molecule has 0 aliphatic rings. The first-order valence-corrected chi connectivity index (χ1v) is 12.3. The highest BCUT2D eigenvalue weighted by Crippen LogP contribution is 2.41. The highest BCUT2D eigenvalue weighted by atomic mass is 16.5. The summed E-state index contributed by atoms with van der Waals surface area (Å²) in [5.41, 5.74) is 6.12. The third-order valence-corrected chi connectivity index (χ3v) is 7.47. The summed E-state index contributed by atoms with van der Waals surface area (Å²) in [5, 5.41) is 10.7. The lowest BCUT2D eigenvalue weighted by molar-refractivity contribution is 0.0239. The van der Waals surface area contributed by atoms with E-state index in [2.05, 4.69) is 84.9 Å². The van der Waals surface area contributed by atoms with Gasteiger partial charge < -0.3 is 9.84 Å². The molecule has 0 fully saturated rings. The lowest BCUT2D eigenvalue weighted by atomic mass is 9.69. The van der Waals surface area contributed by atoms with E-state index in [4.69, 9.17) is 4.74 Å². The van der Waals surface area contributed by atoms with Crippen molar-refractivity contribution >= 4 is 0 Å². The zero-order valence-electron chi connectivity index (χ0n) is 21.0. The number of aryl methyl sites for hydroxylation is 3. The van der Waals surface area contributed by atoms with E-state index in [0.717, 1.165) is 57.3 Å². The minimum absolute atomic E-state index is 0.00487. The first kappa shape index (κ1) is 25.5. The molecule has 0 spiro atoms. The first-order chi connectivity index (χ1) is 14.8. The molecule has 0 aromatic heterocycles. The molecule has 0 aliphatic carbocycles. The van der Waals surface area contributed by atoms with Crippen LogP contribution in [-0.2, 0) is 11.8 Å². The number of ether oxygens (including phenoxy) is 1. The maximum absolute atomic E-state index is 10.7. The molecule has 2 rings (SSSR count). The van der Waals surface area contributed by atoms with Crippen LogP contribution in [0.25, 0.3) is 0 Å². The van der Waals surface area contributed by atoms with Gasteiger partial charge in [0.25, 0.3) is 0 Å². The van der Waals surface area contributed by atoms with Crippen LogP contribution in [0.2, 0.25) is 0 Å². The fourth-order valence-corrected chi connectivity index (χ4v) is 4.80. The summed E-state index contributed by atoms with van der Waals surface area (Å²) in [7, 11) is 0. The van der Waals surface area contributed by atoms with Gasteiger partial charge in [0.1, 0.15) is 5.75 Å². The number of hydrogen-bond acceptors (Lipinski definition) is 2. The molecule has 0 amide bonds. The minimum atomic E-state index is -0.541. The first-order valence-electron chi connectivity index (χ1n) is 12.3. The fourth-order valence-electron chi connectivity index (χ4n) is 4.80. The molecule has 0 radical (unpaired) electrons. The van der Waals surface area contributed by atoms with Gasteiger partial charge >= 0.3 is 0 Å². The maximum atomic E-state index is 10.7. The third kappa shape index (κ3) is 5.71. The van der Waals surface area contributed by atoms with Gasteiger partial charge in [0.2, 0.25) is 0 Å². The van der Waals surface area contributed by atoms with Crippen molar-refractivity contribution in [3.8, 4) is 5.75 Å². The van der Waals surface area contributed by atoms with Crippen LogP contribution >= 0.6 is 0 Å². The van der Waals surface area contributed by atoms with Gasteiger partial charge in [-0.1, -0.05) is 65.0 Å². The summed E-state index contributed by atoms with van der Waals surface area (Å²) < 4.78 is 5.91. The molecule has 0 saturated heterocycles. The van der Waals surface area contributed by atoms with Gasteiger partial charge in [-0.15, -0.1) is 0 Å². The van der Waals surface area contributed by atoms with E-state index in [0.29, 0.717) is 0 Å². The van der Waals surface area contributed by atoms with E-state index in [-0.39, 0.29) is 5.41 Å². The molecule has 2 aromatic carbocycles. The molecule has 0 unspecified atom stereocenters. The van der Waals surface area contributed by atoms with Crippen molar-refractivity contribution < 1.29 is 9.84 Å². The van der Waals surface area contributed by atoms with E-state index in [1.807, 2.05) is 0 Å². The van der Waals surface area contributed by atoms with Gasteiger partial charge in [-0.25, -0.2) is 0 Å². The van der Waals surface area contributed by atoms with E-state index in [9.17, 15) is 5.11 Å². The highest BCUT2D eigenvalue weighted by molar-refractivity contribution is 5.47. The van der Waals surface area contributed by atoms with Crippen LogP contribution in [0.4, 0.5) is 0 Å². The molecule has 0 atom stereocenters. The Morgan fingerprint density at radius 1 is 0.774 bits per heavy atom. The molecule has 2 aromatic rings. The Morgan fingerprint density at radius 3 is 1.84 bits per heavy atom. The van der Waals surface area contributed by atoms with Gasteiger partial charge in [-0.2, -0.15) is 0 Å². The van der Waals surface area contributed by atoms with Crippen LogP contribution in [0.3, 0.4) is 0 Å². The van der Waals surface area contributed by atoms with Crippen molar-refractivity contribution in [2.24, 2.45) is 0 Å². The van der Waals surface area contributed by atoms with Crippen LogP contribution in [0.1, 0.15) is 101 Å². The summed E-state index contributed by atoms with van der Waals surface area (Å²) >= 11 is 0. The number of rotatable bonds is 12. The third-order valence-electron chi connectivity index (χ3n) is 7.47. The molecule has 0 heterocycles. The van der Waals surface area contributed by atoms with Gasteiger partial charge in [0.05, 0.1) is 12.2 Å². The topological polar surface area (TPSA) is 29.5 Å². The summed E-state index contributed by atoms with van der Waals surface area (Å²) in [6.45, 7) is 16.0. The van der Waals surface area contributed by atoms with Crippen molar-refractivity contribution in [1.29, 1.82) is 0 Å². The van der Waals surface area contributed by atoms with Crippen molar-refractivity contribution in [3.05, 3.63) is 64.2 Å². The van der Waals surface area contributed by atoms with Crippen LogP contribution < -0.4 is 4.74 Å². The molecular weight excluding hydrogens is 380 g/mol. The molecule has 1 N–H and O–H groups in total. The Bertz CT molecular complexity index is 829.